The van der Waals surface area contributed by atoms with Gasteiger partial charge in [-0.1, -0.05) is 0 Å². The first-order valence-corrected chi connectivity index (χ1v) is 10.3. The molecule has 3 N–H and O–H groups in total. The lowest BCUT2D eigenvalue weighted by molar-refractivity contribution is -0.00177. The lowest BCUT2D eigenvalue weighted by Crippen LogP contribution is -2.42. The van der Waals surface area contributed by atoms with E-state index < -0.39 is 17.7 Å². The van der Waals surface area contributed by atoms with Crippen LogP contribution in [0.5, 0.6) is 0 Å². The summed E-state index contributed by atoms with van der Waals surface area (Å²) in [6, 6.07) is 6.05. The number of carbonyl (C=O) groups excluding carboxylic acids is 1. The average Bonchev–Trinajstić information content (AvgIpc) is 3.46. The highest BCUT2D eigenvalue weighted by molar-refractivity contribution is 6.00. The third-order valence-corrected chi connectivity index (χ3v) is 5.49. The normalized spacial score (nSPS) is 16.4. The van der Waals surface area contributed by atoms with Crippen LogP contribution in [0, 0.1) is 11.3 Å². The molecule has 4 rings (SSSR count). The Morgan fingerprint density at radius 3 is 2.84 bits per heavy atom. The van der Waals surface area contributed by atoms with Crippen LogP contribution in [0.1, 0.15) is 48.2 Å². The van der Waals surface area contributed by atoms with Crippen molar-refractivity contribution in [2.45, 2.75) is 50.9 Å². The number of alkyl halides is 1. The number of nitriles is 1. The number of carbonyl (C=O) groups is 1. The van der Waals surface area contributed by atoms with E-state index in [-0.39, 0.29) is 6.54 Å². The predicted octanol–water partition coefficient (Wildman–Crippen LogP) is 2.46. The Morgan fingerprint density at radius 2 is 2.16 bits per heavy atom. The van der Waals surface area contributed by atoms with Crippen molar-refractivity contribution in [3.8, 4) is 6.07 Å². The highest BCUT2D eigenvalue weighted by atomic mass is 19.1. The molecule has 1 saturated carbocycles. The Morgan fingerprint density at radius 1 is 1.39 bits per heavy atom. The van der Waals surface area contributed by atoms with Crippen molar-refractivity contribution >= 4 is 23.2 Å². The zero-order valence-electron chi connectivity index (χ0n) is 17.5. The number of pyridine rings is 2. The fourth-order valence-electron chi connectivity index (χ4n) is 3.42. The fraction of sp³-hybridized carbons (Fsp3) is 0.455. The molecule has 3 heterocycles. The standard InChI is InChI=1S/C22H25FN6O2/c1-22(2,31)18(23)12-27-21(30)16-11-25-19(8-17(16)28-15-3-4-15)29-6-5-14-7-13(9-24)10-26-20(14)29/h7-8,10-11,15,18,31H,3-6,12H2,1-2H3,(H,25,28)(H,27,30). The topological polar surface area (TPSA) is 114 Å². The number of aromatic nitrogens is 2. The van der Waals surface area contributed by atoms with Crippen molar-refractivity contribution in [1.82, 2.24) is 15.3 Å². The average molecular weight is 424 g/mol. The maximum absolute atomic E-state index is 14.0. The first kappa shape index (κ1) is 21.0. The number of nitrogens with one attached hydrogen (secondary N) is 2. The third kappa shape index (κ3) is 4.59. The van der Waals surface area contributed by atoms with Gasteiger partial charge in [-0.2, -0.15) is 5.26 Å². The number of nitrogens with zero attached hydrogens (tertiary/aromatic N) is 4. The summed E-state index contributed by atoms with van der Waals surface area (Å²) in [5.41, 5.74) is 0.928. The monoisotopic (exact) mass is 424 g/mol. The molecular weight excluding hydrogens is 399 g/mol. The summed E-state index contributed by atoms with van der Waals surface area (Å²) in [6.07, 6.45) is 4.23. The van der Waals surface area contributed by atoms with E-state index in [2.05, 4.69) is 26.7 Å². The third-order valence-electron chi connectivity index (χ3n) is 5.49. The quantitative estimate of drug-likeness (QED) is 0.625. The Labute approximate surface area is 180 Å². The van der Waals surface area contributed by atoms with Crippen LogP contribution in [0.25, 0.3) is 0 Å². The van der Waals surface area contributed by atoms with Crippen LogP contribution in [-0.2, 0) is 6.42 Å². The van der Waals surface area contributed by atoms with E-state index >= 15 is 0 Å². The summed E-state index contributed by atoms with van der Waals surface area (Å²) in [4.78, 5) is 23.5. The molecule has 2 aromatic rings. The summed E-state index contributed by atoms with van der Waals surface area (Å²) < 4.78 is 14.0. The Balaban J connectivity index is 1.57. The van der Waals surface area contributed by atoms with E-state index in [0.717, 1.165) is 30.6 Å². The molecule has 1 unspecified atom stereocenters. The molecule has 1 amide bonds. The van der Waals surface area contributed by atoms with Crippen LogP contribution < -0.4 is 15.5 Å². The number of rotatable bonds is 7. The second-order valence-electron chi connectivity index (χ2n) is 8.56. The Hall–Kier alpha value is -3.25. The largest absolute Gasteiger partial charge is 0.387 e. The highest BCUT2D eigenvalue weighted by Crippen LogP contribution is 2.35. The summed E-state index contributed by atoms with van der Waals surface area (Å²) >= 11 is 0. The molecule has 0 spiro atoms. The maximum Gasteiger partial charge on any atom is 0.255 e. The minimum Gasteiger partial charge on any atom is -0.387 e. The van der Waals surface area contributed by atoms with Crippen LogP contribution >= 0.6 is 0 Å². The van der Waals surface area contributed by atoms with Gasteiger partial charge in [0.1, 0.15) is 23.9 Å². The molecule has 0 saturated heterocycles. The van der Waals surface area contributed by atoms with E-state index in [1.54, 1.807) is 6.20 Å². The van der Waals surface area contributed by atoms with E-state index in [1.165, 1.54) is 20.0 Å². The summed E-state index contributed by atoms with van der Waals surface area (Å²) in [5.74, 6) is 0.953. The number of halogens is 1. The molecular formula is C22H25FN6O2. The minimum atomic E-state index is -1.59. The molecule has 0 radical (unpaired) electrons. The van der Waals surface area contributed by atoms with E-state index in [9.17, 15) is 14.3 Å². The maximum atomic E-state index is 14.0. The smallest absolute Gasteiger partial charge is 0.255 e. The van der Waals surface area contributed by atoms with Gasteiger partial charge in [-0.25, -0.2) is 14.4 Å². The molecule has 0 aromatic carbocycles. The number of hydrogen-bond donors (Lipinski definition) is 3. The second-order valence-corrected chi connectivity index (χ2v) is 8.56. The minimum absolute atomic E-state index is 0.294. The summed E-state index contributed by atoms with van der Waals surface area (Å²) in [5, 5.41) is 24.7. The molecule has 1 atom stereocenters. The summed E-state index contributed by atoms with van der Waals surface area (Å²) in [6.45, 7) is 3.11. The van der Waals surface area contributed by atoms with Gasteiger partial charge in [-0.15, -0.1) is 0 Å². The van der Waals surface area contributed by atoms with Crippen LogP contribution in [0.3, 0.4) is 0 Å². The molecule has 9 heteroatoms. The molecule has 162 valence electrons. The molecule has 0 bridgehead atoms. The van der Waals surface area contributed by atoms with E-state index in [4.69, 9.17) is 5.26 Å². The zero-order chi connectivity index (χ0) is 22.2. The fourth-order valence-corrected chi connectivity index (χ4v) is 3.42. The van der Waals surface area contributed by atoms with E-state index in [0.29, 0.717) is 35.2 Å². The van der Waals surface area contributed by atoms with Gasteiger partial charge < -0.3 is 20.6 Å². The highest BCUT2D eigenvalue weighted by Gasteiger charge is 2.29. The molecule has 2 aliphatic rings. The van der Waals surface area contributed by atoms with Crippen molar-refractivity contribution in [2.24, 2.45) is 0 Å². The molecule has 2 aromatic heterocycles. The number of fused-ring (bicyclic) bond motifs is 1. The lowest BCUT2D eigenvalue weighted by Gasteiger charge is -2.23. The second kappa shape index (κ2) is 8.12. The van der Waals surface area contributed by atoms with E-state index in [1.807, 2.05) is 17.0 Å². The number of hydrogen-bond acceptors (Lipinski definition) is 7. The summed E-state index contributed by atoms with van der Waals surface area (Å²) in [7, 11) is 0. The SMILES string of the molecule is CC(C)(O)C(F)CNC(=O)c1cnc(N2CCc3cc(C#N)cnc32)cc1NC1CC1. The van der Waals surface area contributed by atoms with Crippen LogP contribution in [-0.4, -0.2) is 51.9 Å². The molecule has 1 aliphatic carbocycles. The molecule has 8 nitrogen and oxygen atoms in total. The molecule has 1 fully saturated rings. The van der Waals surface area contributed by atoms with Gasteiger partial charge in [-0.05, 0) is 44.7 Å². The van der Waals surface area contributed by atoms with Gasteiger partial charge in [0.2, 0.25) is 0 Å². The van der Waals surface area contributed by atoms with Crippen molar-refractivity contribution < 1.29 is 14.3 Å². The Kier molecular flexibility index (Phi) is 5.50. The van der Waals surface area contributed by atoms with Gasteiger partial charge >= 0.3 is 0 Å². The van der Waals surface area contributed by atoms with Gasteiger partial charge in [0.15, 0.2) is 0 Å². The van der Waals surface area contributed by atoms with Crippen LogP contribution in [0.4, 0.5) is 21.7 Å². The molecule has 31 heavy (non-hydrogen) atoms. The molecule has 1 aliphatic heterocycles. The Bertz CT molecular complexity index is 1040. The lowest BCUT2D eigenvalue weighted by atomic mass is 10.0. The number of amides is 1. The van der Waals surface area contributed by atoms with Crippen molar-refractivity contribution in [3.05, 3.63) is 41.2 Å². The van der Waals surface area contributed by atoms with Crippen molar-refractivity contribution in [2.75, 3.05) is 23.3 Å². The zero-order valence-corrected chi connectivity index (χ0v) is 17.5. The van der Waals surface area contributed by atoms with Crippen molar-refractivity contribution in [3.63, 3.8) is 0 Å². The number of anilines is 3. The first-order chi connectivity index (χ1) is 14.8. The van der Waals surface area contributed by atoms with Gasteiger partial charge in [-0.3, -0.25) is 4.79 Å². The van der Waals surface area contributed by atoms with Gasteiger partial charge in [0.05, 0.1) is 29.0 Å². The first-order valence-electron chi connectivity index (χ1n) is 10.3. The van der Waals surface area contributed by atoms with Gasteiger partial charge in [0.25, 0.3) is 5.91 Å². The number of aliphatic hydroxyl groups is 1. The van der Waals surface area contributed by atoms with Crippen LogP contribution in [0.15, 0.2) is 24.5 Å². The van der Waals surface area contributed by atoms with Crippen LogP contribution in [0.2, 0.25) is 0 Å². The van der Waals surface area contributed by atoms with Crippen molar-refractivity contribution in [1.29, 1.82) is 5.26 Å². The van der Waals surface area contributed by atoms with Gasteiger partial charge in [0, 0.05) is 31.0 Å². The predicted molar refractivity (Wildman–Crippen MR) is 114 cm³/mol.